The van der Waals surface area contributed by atoms with Gasteiger partial charge in [0.15, 0.2) is 5.82 Å². The fourth-order valence-corrected chi connectivity index (χ4v) is 5.90. The number of aliphatic hydroxyl groups is 1. The zero-order valence-corrected chi connectivity index (χ0v) is 20.1. The van der Waals surface area contributed by atoms with Crippen LogP contribution in [0.4, 0.5) is 22.0 Å². The van der Waals surface area contributed by atoms with Gasteiger partial charge in [-0.3, -0.25) is 4.79 Å². The number of pyridine rings is 1. The van der Waals surface area contributed by atoms with Crippen molar-refractivity contribution in [3.05, 3.63) is 59.7 Å². The number of primary amides is 1. The molecule has 38 heavy (non-hydrogen) atoms. The molecule has 5 rings (SSSR count). The van der Waals surface area contributed by atoms with E-state index in [1.165, 1.54) is 35.0 Å². The predicted octanol–water partition coefficient (Wildman–Crippen LogP) is 4.60. The number of rotatable bonds is 7. The number of aromatic nitrogens is 3. The Labute approximate surface area is 214 Å². The van der Waals surface area contributed by atoms with Gasteiger partial charge >= 0.3 is 6.61 Å². The van der Waals surface area contributed by atoms with E-state index in [4.69, 9.17) is 5.73 Å². The first-order chi connectivity index (χ1) is 18.0. The van der Waals surface area contributed by atoms with Crippen LogP contribution in [-0.2, 0) is 11.2 Å². The van der Waals surface area contributed by atoms with Crippen LogP contribution in [0.25, 0.3) is 17.1 Å². The molecule has 3 N–H and O–H groups in total. The molecule has 0 aliphatic heterocycles. The summed E-state index contributed by atoms with van der Waals surface area (Å²) in [5.74, 6) is -5.67. The van der Waals surface area contributed by atoms with Crippen LogP contribution >= 0.6 is 0 Å². The number of carbonyl (C=O) groups is 1. The molecule has 0 bridgehead atoms. The molecule has 202 valence electrons. The number of nitrogens with two attached hydrogens (primary N) is 1. The molecule has 1 aromatic carbocycles. The highest BCUT2D eigenvalue weighted by Gasteiger charge is 2.56. The Morgan fingerprint density at radius 1 is 1.24 bits per heavy atom. The van der Waals surface area contributed by atoms with Crippen molar-refractivity contribution in [3.8, 4) is 22.8 Å². The zero-order valence-electron chi connectivity index (χ0n) is 20.1. The molecule has 3 aromatic rings. The van der Waals surface area contributed by atoms with Gasteiger partial charge in [0.1, 0.15) is 11.6 Å². The first-order valence-electron chi connectivity index (χ1n) is 12.1. The lowest BCUT2D eigenvalue weighted by atomic mass is 9.63. The highest BCUT2D eigenvalue weighted by Crippen LogP contribution is 2.59. The summed E-state index contributed by atoms with van der Waals surface area (Å²) in [7, 11) is 0. The van der Waals surface area contributed by atoms with Gasteiger partial charge in [0.2, 0.25) is 11.8 Å². The fraction of sp³-hybridized carbons (Fsp3) is 0.423. The summed E-state index contributed by atoms with van der Waals surface area (Å²) in [6, 6.07) is 8.33. The Morgan fingerprint density at radius 3 is 2.63 bits per heavy atom. The first-order valence-corrected chi connectivity index (χ1v) is 12.1. The van der Waals surface area contributed by atoms with Crippen molar-refractivity contribution < 1.29 is 36.6 Å². The van der Waals surface area contributed by atoms with E-state index in [1.54, 1.807) is 6.07 Å². The average molecular weight is 537 g/mol. The lowest BCUT2D eigenvalue weighted by molar-refractivity contribution is -0.122. The Hall–Kier alpha value is -3.54. The number of nitrogens with zero attached hydrogens (tertiary/aromatic N) is 3. The molecule has 2 unspecified atom stereocenters. The predicted molar refractivity (Wildman–Crippen MR) is 125 cm³/mol. The summed E-state index contributed by atoms with van der Waals surface area (Å²) >= 11 is 0. The number of ether oxygens (including phenoxy) is 1. The fourth-order valence-electron chi connectivity index (χ4n) is 5.90. The Morgan fingerprint density at radius 2 is 2.03 bits per heavy atom. The van der Waals surface area contributed by atoms with Crippen LogP contribution in [-0.4, -0.2) is 44.9 Å². The van der Waals surface area contributed by atoms with Gasteiger partial charge in [-0.2, -0.15) is 13.9 Å². The molecule has 0 spiro atoms. The third kappa shape index (κ3) is 4.72. The SMILES string of the molecule is NC(=O)C1Cc2c(c(-c3cccc(OC(F)F)c3)nn2-c2ccc(F)cn2)C([C@]2(CO)CCC(F)(F)C2)C1. The molecule has 1 amide bonds. The number of carbonyl (C=O) groups excluding carboxylic acids is 1. The van der Waals surface area contributed by atoms with E-state index in [2.05, 4.69) is 14.8 Å². The van der Waals surface area contributed by atoms with Crippen molar-refractivity contribution in [3.63, 3.8) is 0 Å². The van der Waals surface area contributed by atoms with Crippen LogP contribution in [0.5, 0.6) is 5.75 Å². The molecule has 1 saturated carbocycles. The number of aliphatic hydroxyl groups excluding tert-OH is 1. The highest BCUT2D eigenvalue weighted by molar-refractivity contribution is 5.78. The summed E-state index contributed by atoms with van der Waals surface area (Å²) in [6.07, 6.45) is 0.153. The molecule has 2 aliphatic carbocycles. The minimum Gasteiger partial charge on any atom is -0.435 e. The zero-order chi connectivity index (χ0) is 27.2. The second-order valence-electron chi connectivity index (χ2n) is 10.0. The maximum atomic E-state index is 14.6. The average Bonchev–Trinajstić information content (AvgIpc) is 3.41. The smallest absolute Gasteiger partial charge is 0.387 e. The number of benzene rings is 1. The molecule has 0 saturated heterocycles. The van der Waals surface area contributed by atoms with Crippen LogP contribution in [0.2, 0.25) is 0 Å². The number of hydrogen-bond acceptors (Lipinski definition) is 5. The van der Waals surface area contributed by atoms with Crippen LogP contribution < -0.4 is 10.5 Å². The summed E-state index contributed by atoms with van der Waals surface area (Å²) in [5.41, 5.74) is 5.99. The molecule has 3 atom stereocenters. The maximum absolute atomic E-state index is 14.6. The van der Waals surface area contributed by atoms with E-state index in [-0.39, 0.29) is 36.5 Å². The van der Waals surface area contributed by atoms with E-state index in [0.29, 0.717) is 16.8 Å². The van der Waals surface area contributed by atoms with Gasteiger partial charge in [-0.25, -0.2) is 22.8 Å². The maximum Gasteiger partial charge on any atom is 0.387 e. The summed E-state index contributed by atoms with van der Waals surface area (Å²) in [5, 5.41) is 15.1. The Kier molecular flexibility index (Phi) is 6.62. The van der Waals surface area contributed by atoms with Gasteiger partial charge < -0.3 is 15.6 Å². The summed E-state index contributed by atoms with van der Waals surface area (Å²) < 4.78 is 74.5. The minimum atomic E-state index is -3.07. The highest BCUT2D eigenvalue weighted by atomic mass is 19.3. The van der Waals surface area contributed by atoms with Crippen molar-refractivity contribution in [1.29, 1.82) is 0 Å². The lowest BCUT2D eigenvalue weighted by Gasteiger charge is -2.41. The molecule has 12 heteroatoms. The van der Waals surface area contributed by atoms with Crippen molar-refractivity contribution >= 4 is 5.91 Å². The van der Waals surface area contributed by atoms with Crippen LogP contribution in [0.1, 0.15) is 42.9 Å². The third-order valence-corrected chi connectivity index (χ3v) is 7.65. The summed E-state index contributed by atoms with van der Waals surface area (Å²) in [4.78, 5) is 16.5. The molecular weight excluding hydrogens is 511 g/mol. The monoisotopic (exact) mass is 536 g/mol. The Balaban J connectivity index is 1.75. The number of halogens is 5. The van der Waals surface area contributed by atoms with E-state index >= 15 is 0 Å². The van der Waals surface area contributed by atoms with Gasteiger partial charge in [-0.05, 0) is 43.0 Å². The number of fused-ring (bicyclic) bond motifs is 1. The number of amides is 1. The van der Waals surface area contributed by atoms with Crippen molar-refractivity contribution in [1.82, 2.24) is 14.8 Å². The minimum absolute atomic E-state index is 0.0000398. The van der Waals surface area contributed by atoms with Gasteiger partial charge in [0.25, 0.3) is 0 Å². The van der Waals surface area contributed by atoms with E-state index in [9.17, 15) is 31.9 Å². The van der Waals surface area contributed by atoms with Crippen LogP contribution in [0.3, 0.4) is 0 Å². The molecule has 2 aliphatic rings. The topological polar surface area (TPSA) is 103 Å². The van der Waals surface area contributed by atoms with Crippen molar-refractivity contribution in [2.24, 2.45) is 17.1 Å². The second kappa shape index (κ2) is 9.64. The standard InChI is InChI=1S/C26H25F5N4O3/c27-16-4-5-20(33-11-16)35-19-10-15(23(32)37)9-18(25(13-36)6-7-26(30,31)12-25)21(19)22(34-35)14-2-1-3-17(8-14)38-24(28)29/h1-5,8,11,15,18,24,36H,6-7,9-10,12-13H2,(H2,32,37)/t15?,18?,25-/m1/s1. The molecule has 7 nitrogen and oxygen atoms in total. The largest absolute Gasteiger partial charge is 0.435 e. The van der Waals surface area contributed by atoms with Gasteiger partial charge in [-0.15, -0.1) is 0 Å². The van der Waals surface area contributed by atoms with Crippen molar-refractivity contribution in [2.45, 2.75) is 50.6 Å². The molecule has 2 aromatic heterocycles. The molecule has 1 fully saturated rings. The van der Waals surface area contributed by atoms with E-state index < -0.39 is 61.0 Å². The molecule has 0 radical (unpaired) electrons. The second-order valence-corrected chi connectivity index (χ2v) is 10.0. The van der Waals surface area contributed by atoms with Gasteiger partial charge in [0, 0.05) is 48.3 Å². The normalized spacial score (nSPS) is 24.4. The van der Waals surface area contributed by atoms with Crippen molar-refractivity contribution in [2.75, 3.05) is 6.61 Å². The Bertz CT molecular complexity index is 1350. The molecular formula is C26H25F5N4O3. The lowest BCUT2D eigenvalue weighted by Crippen LogP contribution is -2.39. The van der Waals surface area contributed by atoms with E-state index in [0.717, 1.165) is 6.20 Å². The molecule has 2 heterocycles. The van der Waals surface area contributed by atoms with Gasteiger partial charge in [-0.1, -0.05) is 12.1 Å². The first kappa shape index (κ1) is 26.1. The quantitative estimate of drug-likeness (QED) is 0.430. The number of alkyl halides is 4. The van der Waals surface area contributed by atoms with Crippen LogP contribution in [0.15, 0.2) is 42.6 Å². The van der Waals surface area contributed by atoms with Crippen LogP contribution in [0, 0.1) is 17.2 Å². The third-order valence-electron chi connectivity index (χ3n) is 7.65. The number of hydrogen-bond donors (Lipinski definition) is 2. The summed E-state index contributed by atoms with van der Waals surface area (Å²) in [6.45, 7) is -3.63. The van der Waals surface area contributed by atoms with E-state index in [1.807, 2.05) is 0 Å². The van der Waals surface area contributed by atoms with Gasteiger partial charge in [0.05, 0.1) is 17.6 Å².